The second-order valence-electron chi connectivity index (χ2n) is 4.23. The van der Waals surface area contributed by atoms with Crippen LogP contribution in [0, 0.1) is 17.4 Å². The van der Waals surface area contributed by atoms with Gasteiger partial charge < -0.3 is 5.32 Å². The minimum absolute atomic E-state index is 0.0614. The lowest BCUT2D eigenvalue weighted by Gasteiger charge is -2.08. The predicted octanol–water partition coefficient (Wildman–Crippen LogP) is 4.16. The molecule has 0 heterocycles. The Morgan fingerprint density at radius 2 is 1.78 bits per heavy atom. The topological polar surface area (TPSA) is 29.1 Å². The fourth-order valence-corrected chi connectivity index (χ4v) is 2.08. The first-order valence-corrected chi connectivity index (χ1v) is 6.79. The van der Waals surface area contributed by atoms with Crippen molar-refractivity contribution in [2.24, 2.45) is 0 Å². The van der Waals surface area contributed by atoms with Crippen molar-refractivity contribution >= 4 is 34.2 Å². The van der Waals surface area contributed by atoms with Gasteiger partial charge in [0.05, 0.1) is 0 Å². The van der Waals surface area contributed by atoms with E-state index in [0.29, 0.717) is 5.56 Å². The van der Waals surface area contributed by atoms with Crippen molar-refractivity contribution < 1.29 is 4.79 Å². The van der Waals surface area contributed by atoms with Gasteiger partial charge in [-0.2, -0.15) is 0 Å². The molecule has 2 aromatic rings. The Labute approximate surface area is 121 Å². The van der Waals surface area contributed by atoms with E-state index < -0.39 is 0 Å². The summed E-state index contributed by atoms with van der Waals surface area (Å²) in [5.74, 6) is -0.0614. The van der Waals surface area contributed by atoms with E-state index in [4.69, 9.17) is 0 Å². The van der Waals surface area contributed by atoms with Crippen LogP contribution in [-0.4, -0.2) is 5.91 Å². The van der Waals surface area contributed by atoms with Crippen molar-refractivity contribution in [2.45, 2.75) is 13.8 Å². The highest BCUT2D eigenvalue weighted by atomic mass is 127. The lowest BCUT2D eigenvalue weighted by atomic mass is 10.1. The molecule has 2 rings (SSSR count). The maximum Gasteiger partial charge on any atom is 0.255 e. The van der Waals surface area contributed by atoms with Crippen molar-refractivity contribution in [1.82, 2.24) is 0 Å². The molecule has 1 N–H and O–H groups in total. The third-order valence-corrected chi connectivity index (χ3v) is 4.02. The number of amides is 1. The summed E-state index contributed by atoms with van der Waals surface area (Å²) in [5.41, 5.74) is 3.70. The molecule has 0 spiro atoms. The second kappa shape index (κ2) is 5.52. The van der Waals surface area contributed by atoms with Crippen molar-refractivity contribution in [3.8, 4) is 0 Å². The number of carbonyl (C=O) groups excluding carboxylic acids is 1. The van der Waals surface area contributed by atoms with Crippen LogP contribution in [0.15, 0.2) is 42.5 Å². The summed E-state index contributed by atoms with van der Waals surface area (Å²) in [6.07, 6.45) is 0. The van der Waals surface area contributed by atoms with E-state index in [1.165, 1.54) is 3.57 Å². The maximum atomic E-state index is 12.1. The third kappa shape index (κ3) is 2.90. The minimum atomic E-state index is -0.0614. The second-order valence-corrected chi connectivity index (χ2v) is 5.40. The molecule has 0 atom stereocenters. The van der Waals surface area contributed by atoms with Crippen LogP contribution in [0.2, 0.25) is 0 Å². The molecule has 0 bridgehead atoms. The number of rotatable bonds is 2. The third-order valence-electron chi connectivity index (χ3n) is 2.81. The van der Waals surface area contributed by atoms with E-state index >= 15 is 0 Å². The first-order chi connectivity index (χ1) is 8.58. The fraction of sp³-hybridized carbons (Fsp3) is 0.133. The molecule has 3 heteroatoms. The summed E-state index contributed by atoms with van der Waals surface area (Å²) in [4.78, 5) is 12.1. The van der Waals surface area contributed by atoms with Crippen LogP contribution in [0.25, 0.3) is 0 Å². The standard InChI is InChI=1S/C15H14INO/c1-10-5-3-4-6-13(10)15(18)17-12-7-8-14(16)11(2)9-12/h3-9H,1-2H3,(H,17,18). The minimum Gasteiger partial charge on any atom is -0.322 e. The van der Waals surface area contributed by atoms with E-state index in [2.05, 4.69) is 27.9 Å². The zero-order chi connectivity index (χ0) is 13.1. The Bertz CT molecular complexity index is 593. The monoisotopic (exact) mass is 351 g/mol. The molecule has 0 aliphatic carbocycles. The average Bonchev–Trinajstić information content (AvgIpc) is 2.34. The molecule has 0 saturated carbocycles. The van der Waals surface area contributed by atoms with Gasteiger partial charge in [-0.15, -0.1) is 0 Å². The van der Waals surface area contributed by atoms with Crippen LogP contribution >= 0.6 is 22.6 Å². The molecular formula is C15H14INO. The van der Waals surface area contributed by atoms with Crippen LogP contribution in [0.5, 0.6) is 0 Å². The quantitative estimate of drug-likeness (QED) is 0.809. The predicted molar refractivity (Wildman–Crippen MR) is 83.0 cm³/mol. The summed E-state index contributed by atoms with van der Waals surface area (Å²) in [6, 6.07) is 13.5. The molecule has 0 aliphatic rings. The SMILES string of the molecule is Cc1cc(NC(=O)c2ccccc2C)ccc1I. The maximum absolute atomic E-state index is 12.1. The van der Waals surface area contributed by atoms with Gasteiger partial charge in [0.25, 0.3) is 5.91 Å². The molecule has 0 fully saturated rings. The lowest BCUT2D eigenvalue weighted by Crippen LogP contribution is -2.13. The molecule has 0 unspecified atom stereocenters. The van der Waals surface area contributed by atoms with E-state index in [0.717, 1.165) is 16.8 Å². The summed E-state index contributed by atoms with van der Waals surface area (Å²) in [7, 11) is 0. The number of hydrogen-bond donors (Lipinski definition) is 1. The van der Waals surface area contributed by atoms with Gasteiger partial charge in [0.15, 0.2) is 0 Å². The molecule has 1 amide bonds. The Morgan fingerprint density at radius 1 is 1.06 bits per heavy atom. The molecule has 18 heavy (non-hydrogen) atoms. The highest BCUT2D eigenvalue weighted by molar-refractivity contribution is 14.1. The first-order valence-electron chi connectivity index (χ1n) is 5.71. The van der Waals surface area contributed by atoms with Crippen LogP contribution in [0.3, 0.4) is 0 Å². The average molecular weight is 351 g/mol. The summed E-state index contributed by atoms with van der Waals surface area (Å²) >= 11 is 2.28. The molecule has 0 aliphatic heterocycles. The van der Waals surface area contributed by atoms with E-state index in [9.17, 15) is 4.79 Å². The molecule has 0 aromatic heterocycles. The van der Waals surface area contributed by atoms with Gasteiger partial charge in [0, 0.05) is 14.8 Å². The van der Waals surface area contributed by atoms with E-state index in [1.807, 2.05) is 56.3 Å². The number of aryl methyl sites for hydroxylation is 2. The van der Waals surface area contributed by atoms with E-state index in [1.54, 1.807) is 0 Å². The summed E-state index contributed by atoms with van der Waals surface area (Å²) < 4.78 is 1.20. The van der Waals surface area contributed by atoms with Crippen molar-refractivity contribution in [1.29, 1.82) is 0 Å². The molecule has 92 valence electrons. The van der Waals surface area contributed by atoms with Gasteiger partial charge in [0.2, 0.25) is 0 Å². The van der Waals surface area contributed by atoms with Crippen LogP contribution in [0.1, 0.15) is 21.5 Å². The number of hydrogen-bond acceptors (Lipinski definition) is 1. The van der Waals surface area contributed by atoms with Gasteiger partial charge in [-0.25, -0.2) is 0 Å². The first kappa shape index (κ1) is 13.1. The van der Waals surface area contributed by atoms with Crippen LogP contribution < -0.4 is 5.32 Å². The normalized spacial score (nSPS) is 10.2. The summed E-state index contributed by atoms with van der Waals surface area (Å²) in [6.45, 7) is 3.97. The molecule has 0 saturated heterocycles. The molecule has 2 nitrogen and oxygen atoms in total. The van der Waals surface area contributed by atoms with E-state index in [-0.39, 0.29) is 5.91 Å². The highest BCUT2D eigenvalue weighted by Crippen LogP contribution is 2.18. The molecule has 0 radical (unpaired) electrons. The van der Waals surface area contributed by atoms with Crippen molar-refractivity contribution in [3.05, 3.63) is 62.7 Å². The fourth-order valence-electron chi connectivity index (χ4n) is 1.75. The van der Waals surface area contributed by atoms with Gasteiger partial charge in [0.1, 0.15) is 0 Å². The lowest BCUT2D eigenvalue weighted by molar-refractivity contribution is 0.102. The molecule has 2 aromatic carbocycles. The summed E-state index contributed by atoms with van der Waals surface area (Å²) in [5, 5.41) is 2.92. The molecular weight excluding hydrogens is 337 g/mol. The van der Waals surface area contributed by atoms with Gasteiger partial charge >= 0.3 is 0 Å². The highest BCUT2D eigenvalue weighted by Gasteiger charge is 2.08. The number of benzene rings is 2. The van der Waals surface area contributed by atoms with Gasteiger partial charge in [-0.3, -0.25) is 4.79 Å². The Morgan fingerprint density at radius 3 is 2.44 bits per heavy atom. The number of halogens is 1. The Hall–Kier alpha value is -1.36. The van der Waals surface area contributed by atoms with Gasteiger partial charge in [-0.05, 0) is 71.8 Å². The Kier molecular flexibility index (Phi) is 4.01. The van der Waals surface area contributed by atoms with Crippen molar-refractivity contribution in [3.63, 3.8) is 0 Å². The van der Waals surface area contributed by atoms with Crippen LogP contribution in [-0.2, 0) is 0 Å². The number of nitrogens with one attached hydrogen (secondary N) is 1. The van der Waals surface area contributed by atoms with Crippen molar-refractivity contribution in [2.75, 3.05) is 5.32 Å². The number of anilines is 1. The Balaban J connectivity index is 2.22. The largest absolute Gasteiger partial charge is 0.322 e. The smallest absolute Gasteiger partial charge is 0.255 e. The number of carbonyl (C=O) groups is 1. The van der Waals surface area contributed by atoms with Gasteiger partial charge in [-0.1, -0.05) is 18.2 Å². The zero-order valence-corrected chi connectivity index (χ0v) is 12.5. The van der Waals surface area contributed by atoms with Crippen LogP contribution in [0.4, 0.5) is 5.69 Å². The zero-order valence-electron chi connectivity index (χ0n) is 10.3.